The molecule has 2 aliphatic rings. The Morgan fingerprint density at radius 1 is 1.29 bits per heavy atom. The van der Waals surface area contributed by atoms with Crippen molar-refractivity contribution in [1.82, 2.24) is 4.90 Å². The number of aliphatic carboxylic acids is 1. The number of carboxylic acid groups (broad SMARTS) is 1. The number of carbonyl (C=O) groups is 1. The standard InChI is InChI=1S/C14H25NO2/c1-11-4-2-5-12(10-11)7-9-15-8-3-6-13(15)14(16)17/h11-13H,2-10H2,1H3,(H,16,17). The normalized spacial score (nSPS) is 35.0. The zero-order valence-corrected chi connectivity index (χ0v) is 10.9. The molecule has 2 fully saturated rings. The lowest BCUT2D eigenvalue weighted by molar-refractivity contribution is -0.142. The SMILES string of the molecule is CC1CCCC(CCN2CCCC2C(=O)O)C1. The summed E-state index contributed by atoms with van der Waals surface area (Å²) in [6.07, 6.45) is 8.57. The predicted octanol–water partition coefficient (Wildman–Crippen LogP) is 2.75. The summed E-state index contributed by atoms with van der Waals surface area (Å²) in [6, 6.07) is -0.198. The van der Waals surface area contributed by atoms with Gasteiger partial charge in [-0.15, -0.1) is 0 Å². The van der Waals surface area contributed by atoms with Crippen molar-refractivity contribution in [1.29, 1.82) is 0 Å². The van der Waals surface area contributed by atoms with Crippen LogP contribution in [0.2, 0.25) is 0 Å². The van der Waals surface area contributed by atoms with Crippen LogP contribution in [0.1, 0.15) is 51.9 Å². The van der Waals surface area contributed by atoms with Crippen LogP contribution in [0.4, 0.5) is 0 Å². The van der Waals surface area contributed by atoms with E-state index < -0.39 is 5.97 Å². The third-order valence-corrected chi connectivity index (χ3v) is 4.52. The highest BCUT2D eigenvalue weighted by Gasteiger charge is 2.30. The van der Waals surface area contributed by atoms with Crippen LogP contribution in [0.3, 0.4) is 0 Å². The van der Waals surface area contributed by atoms with E-state index in [1.54, 1.807) is 0 Å². The molecule has 1 saturated carbocycles. The van der Waals surface area contributed by atoms with Crippen LogP contribution in [-0.4, -0.2) is 35.1 Å². The van der Waals surface area contributed by atoms with Gasteiger partial charge in [-0.1, -0.05) is 26.2 Å². The van der Waals surface area contributed by atoms with Gasteiger partial charge in [0.15, 0.2) is 0 Å². The molecule has 1 saturated heterocycles. The number of carboxylic acids is 1. The molecule has 1 aliphatic heterocycles. The van der Waals surface area contributed by atoms with Gasteiger partial charge in [-0.25, -0.2) is 0 Å². The topological polar surface area (TPSA) is 40.5 Å². The molecular formula is C14H25NO2. The molecule has 3 nitrogen and oxygen atoms in total. The second kappa shape index (κ2) is 5.85. The van der Waals surface area contributed by atoms with E-state index in [4.69, 9.17) is 5.11 Å². The molecule has 17 heavy (non-hydrogen) atoms. The van der Waals surface area contributed by atoms with E-state index in [0.717, 1.165) is 37.8 Å². The minimum Gasteiger partial charge on any atom is -0.480 e. The predicted molar refractivity (Wildman–Crippen MR) is 68.0 cm³/mol. The number of likely N-dealkylation sites (tertiary alicyclic amines) is 1. The quantitative estimate of drug-likeness (QED) is 0.820. The summed E-state index contributed by atoms with van der Waals surface area (Å²) in [5.41, 5.74) is 0. The van der Waals surface area contributed by atoms with Crippen molar-refractivity contribution in [2.45, 2.75) is 57.9 Å². The average Bonchev–Trinajstić information content (AvgIpc) is 2.74. The van der Waals surface area contributed by atoms with Crippen LogP contribution < -0.4 is 0 Å². The third-order valence-electron chi connectivity index (χ3n) is 4.52. The lowest BCUT2D eigenvalue weighted by Gasteiger charge is -2.29. The fourth-order valence-electron chi connectivity index (χ4n) is 3.54. The van der Waals surface area contributed by atoms with Crippen LogP contribution in [0.25, 0.3) is 0 Å². The fraction of sp³-hybridized carbons (Fsp3) is 0.929. The van der Waals surface area contributed by atoms with E-state index in [1.807, 2.05) is 0 Å². The molecule has 3 heteroatoms. The van der Waals surface area contributed by atoms with E-state index in [9.17, 15) is 4.79 Å². The summed E-state index contributed by atoms with van der Waals surface area (Å²) in [5, 5.41) is 9.12. The molecule has 1 heterocycles. The van der Waals surface area contributed by atoms with Crippen molar-refractivity contribution in [3.05, 3.63) is 0 Å². The maximum absolute atomic E-state index is 11.1. The zero-order valence-electron chi connectivity index (χ0n) is 10.9. The van der Waals surface area contributed by atoms with E-state index in [2.05, 4.69) is 11.8 Å². The highest BCUT2D eigenvalue weighted by Crippen LogP contribution is 2.31. The number of hydrogen-bond donors (Lipinski definition) is 1. The first kappa shape index (κ1) is 12.9. The summed E-state index contributed by atoms with van der Waals surface area (Å²) in [5.74, 6) is 1.09. The Morgan fingerprint density at radius 2 is 2.12 bits per heavy atom. The first-order valence-electron chi connectivity index (χ1n) is 7.13. The summed E-state index contributed by atoms with van der Waals surface area (Å²) in [6.45, 7) is 4.33. The minimum absolute atomic E-state index is 0.198. The van der Waals surface area contributed by atoms with Gasteiger partial charge in [0.1, 0.15) is 6.04 Å². The Balaban J connectivity index is 1.75. The molecule has 2 rings (SSSR count). The van der Waals surface area contributed by atoms with Crippen molar-refractivity contribution in [2.75, 3.05) is 13.1 Å². The van der Waals surface area contributed by atoms with E-state index >= 15 is 0 Å². The van der Waals surface area contributed by atoms with Crippen LogP contribution in [0, 0.1) is 11.8 Å². The van der Waals surface area contributed by atoms with Gasteiger partial charge in [-0.2, -0.15) is 0 Å². The fourth-order valence-corrected chi connectivity index (χ4v) is 3.54. The van der Waals surface area contributed by atoms with Gasteiger partial charge in [0.05, 0.1) is 0 Å². The van der Waals surface area contributed by atoms with Crippen LogP contribution in [-0.2, 0) is 4.79 Å². The minimum atomic E-state index is -0.625. The van der Waals surface area contributed by atoms with Crippen molar-refractivity contribution in [2.24, 2.45) is 11.8 Å². The highest BCUT2D eigenvalue weighted by atomic mass is 16.4. The number of hydrogen-bond acceptors (Lipinski definition) is 2. The second-order valence-electron chi connectivity index (χ2n) is 5.96. The summed E-state index contributed by atoms with van der Waals surface area (Å²) >= 11 is 0. The first-order chi connectivity index (χ1) is 8.16. The van der Waals surface area contributed by atoms with Gasteiger partial charge in [-0.05, 0) is 50.6 Å². The zero-order chi connectivity index (χ0) is 12.3. The Hall–Kier alpha value is -0.570. The van der Waals surface area contributed by atoms with Crippen LogP contribution >= 0.6 is 0 Å². The molecule has 0 spiro atoms. The molecule has 0 aromatic carbocycles. The highest BCUT2D eigenvalue weighted by molar-refractivity contribution is 5.73. The maximum Gasteiger partial charge on any atom is 0.320 e. The Kier molecular flexibility index (Phi) is 4.43. The average molecular weight is 239 g/mol. The van der Waals surface area contributed by atoms with Gasteiger partial charge in [0, 0.05) is 0 Å². The van der Waals surface area contributed by atoms with Crippen LogP contribution in [0.5, 0.6) is 0 Å². The van der Waals surface area contributed by atoms with Crippen molar-refractivity contribution in [3.8, 4) is 0 Å². The van der Waals surface area contributed by atoms with Crippen molar-refractivity contribution >= 4 is 5.97 Å². The van der Waals surface area contributed by atoms with Gasteiger partial charge in [0.25, 0.3) is 0 Å². The molecule has 1 N–H and O–H groups in total. The lowest BCUT2D eigenvalue weighted by Crippen LogP contribution is -2.37. The van der Waals surface area contributed by atoms with Crippen molar-refractivity contribution < 1.29 is 9.90 Å². The van der Waals surface area contributed by atoms with Gasteiger partial charge < -0.3 is 5.11 Å². The molecule has 0 aromatic heterocycles. The van der Waals surface area contributed by atoms with Gasteiger partial charge in [0.2, 0.25) is 0 Å². The molecule has 0 amide bonds. The van der Waals surface area contributed by atoms with E-state index in [1.165, 1.54) is 32.1 Å². The number of rotatable bonds is 4. The molecule has 0 bridgehead atoms. The summed E-state index contributed by atoms with van der Waals surface area (Å²) in [4.78, 5) is 13.3. The van der Waals surface area contributed by atoms with Gasteiger partial charge >= 0.3 is 5.97 Å². The maximum atomic E-state index is 11.1. The molecule has 3 atom stereocenters. The van der Waals surface area contributed by atoms with Crippen molar-refractivity contribution in [3.63, 3.8) is 0 Å². The Labute approximate surface area is 104 Å². The molecule has 1 aliphatic carbocycles. The summed E-state index contributed by atoms with van der Waals surface area (Å²) < 4.78 is 0. The molecule has 0 radical (unpaired) electrons. The van der Waals surface area contributed by atoms with Gasteiger partial charge in [-0.3, -0.25) is 9.69 Å². The van der Waals surface area contributed by atoms with E-state index in [0.29, 0.717) is 0 Å². The molecule has 0 aromatic rings. The summed E-state index contributed by atoms with van der Waals surface area (Å²) in [7, 11) is 0. The van der Waals surface area contributed by atoms with Crippen LogP contribution in [0.15, 0.2) is 0 Å². The lowest BCUT2D eigenvalue weighted by atomic mass is 9.81. The molecular weight excluding hydrogens is 214 g/mol. The van der Waals surface area contributed by atoms with E-state index in [-0.39, 0.29) is 6.04 Å². The monoisotopic (exact) mass is 239 g/mol. The second-order valence-corrected chi connectivity index (χ2v) is 5.96. The Bertz CT molecular complexity index is 267. The number of nitrogens with zero attached hydrogens (tertiary/aromatic N) is 1. The smallest absolute Gasteiger partial charge is 0.320 e. The molecule has 98 valence electrons. The first-order valence-corrected chi connectivity index (χ1v) is 7.13. The third kappa shape index (κ3) is 3.44. The Morgan fingerprint density at radius 3 is 2.82 bits per heavy atom. The largest absolute Gasteiger partial charge is 0.480 e. The molecule has 3 unspecified atom stereocenters.